The first-order valence-electron chi connectivity index (χ1n) is 10.3. The Morgan fingerprint density at radius 3 is 2.63 bits per heavy atom. The van der Waals surface area contributed by atoms with E-state index in [1.807, 2.05) is 54.4 Å². The van der Waals surface area contributed by atoms with E-state index in [2.05, 4.69) is 4.98 Å². The molecule has 0 spiro atoms. The highest BCUT2D eigenvalue weighted by Gasteiger charge is 2.35. The largest absolute Gasteiger partial charge is 0.347 e. The van der Waals surface area contributed by atoms with Gasteiger partial charge in [0.15, 0.2) is 0 Å². The highest BCUT2D eigenvalue weighted by molar-refractivity contribution is 6.30. The Bertz CT molecular complexity index is 947. The van der Waals surface area contributed by atoms with Crippen molar-refractivity contribution >= 4 is 29.4 Å². The third kappa shape index (κ3) is 4.12. The first-order valence-corrected chi connectivity index (χ1v) is 10.7. The molecule has 2 aromatic rings. The van der Waals surface area contributed by atoms with Crippen molar-refractivity contribution in [2.45, 2.75) is 31.7 Å². The molecule has 1 atom stereocenters. The van der Waals surface area contributed by atoms with E-state index in [4.69, 9.17) is 16.6 Å². The smallest absolute Gasteiger partial charge is 0.242 e. The zero-order valence-electron chi connectivity index (χ0n) is 17.3. The van der Waals surface area contributed by atoms with E-state index in [0.29, 0.717) is 30.5 Å². The van der Waals surface area contributed by atoms with E-state index >= 15 is 0 Å². The summed E-state index contributed by atoms with van der Waals surface area (Å²) in [6.45, 7) is 1.49. The summed E-state index contributed by atoms with van der Waals surface area (Å²) >= 11 is 6.07. The molecule has 2 aliphatic heterocycles. The summed E-state index contributed by atoms with van der Waals surface area (Å²) in [5.41, 5.74) is 2.71. The lowest BCUT2D eigenvalue weighted by Gasteiger charge is -2.28. The van der Waals surface area contributed by atoms with Gasteiger partial charge in [0.1, 0.15) is 0 Å². The van der Waals surface area contributed by atoms with Gasteiger partial charge in [0.05, 0.1) is 18.3 Å². The first-order chi connectivity index (χ1) is 14.4. The number of anilines is 1. The number of benzene rings is 1. The fourth-order valence-corrected chi connectivity index (χ4v) is 4.31. The van der Waals surface area contributed by atoms with E-state index in [1.165, 1.54) is 0 Å². The van der Waals surface area contributed by atoms with E-state index in [0.717, 1.165) is 36.1 Å². The zero-order chi connectivity index (χ0) is 21.3. The van der Waals surface area contributed by atoms with Crippen LogP contribution in [0.5, 0.6) is 0 Å². The third-order valence-electron chi connectivity index (χ3n) is 5.75. The van der Waals surface area contributed by atoms with Crippen LogP contribution in [0.3, 0.4) is 0 Å². The molecule has 7 nitrogen and oxygen atoms in total. The summed E-state index contributed by atoms with van der Waals surface area (Å²) in [5, 5.41) is 0.666. The second-order valence-corrected chi connectivity index (χ2v) is 8.47. The molecule has 30 heavy (non-hydrogen) atoms. The first kappa shape index (κ1) is 20.6. The lowest BCUT2D eigenvalue weighted by Crippen LogP contribution is -2.40. The van der Waals surface area contributed by atoms with Crippen molar-refractivity contribution < 1.29 is 9.59 Å². The quantitative estimate of drug-likeness (QED) is 0.733. The van der Waals surface area contributed by atoms with Crippen molar-refractivity contribution in [1.29, 1.82) is 0 Å². The minimum atomic E-state index is -0.136. The number of carbonyl (C=O) groups excluding carboxylic acids is 2. The molecule has 1 aromatic carbocycles. The van der Waals surface area contributed by atoms with Crippen LogP contribution in [0.25, 0.3) is 11.1 Å². The van der Waals surface area contributed by atoms with Crippen LogP contribution in [-0.2, 0) is 9.59 Å². The van der Waals surface area contributed by atoms with E-state index in [1.54, 1.807) is 4.90 Å². The molecule has 0 unspecified atom stereocenters. The van der Waals surface area contributed by atoms with Gasteiger partial charge in [0, 0.05) is 50.4 Å². The summed E-state index contributed by atoms with van der Waals surface area (Å²) in [6, 6.07) is 7.45. The SMILES string of the molecule is CN(C)c1ncc(-c2ccc(Cl)cc2)c([C@H]2CCCN2C(=O)CN2CCCC2=O)n1. The van der Waals surface area contributed by atoms with Crippen LogP contribution in [0.2, 0.25) is 5.02 Å². The van der Waals surface area contributed by atoms with Crippen molar-refractivity contribution in [3.8, 4) is 11.1 Å². The molecule has 2 amide bonds. The standard InChI is InChI=1S/C22H26ClN5O2/c1-26(2)22-24-13-17(15-7-9-16(23)10-8-15)21(25-22)18-5-3-12-28(18)20(30)14-27-11-4-6-19(27)29/h7-10,13,18H,3-6,11-12,14H2,1-2H3/t18-/m1/s1. The molecule has 8 heteroatoms. The molecule has 2 fully saturated rings. The molecule has 2 saturated heterocycles. The number of nitrogens with zero attached hydrogens (tertiary/aromatic N) is 5. The number of likely N-dealkylation sites (tertiary alicyclic amines) is 2. The summed E-state index contributed by atoms with van der Waals surface area (Å²) in [6.07, 6.45) is 4.94. The molecule has 1 aromatic heterocycles. The van der Waals surface area contributed by atoms with Gasteiger partial charge in [-0.1, -0.05) is 23.7 Å². The lowest BCUT2D eigenvalue weighted by molar-refractivity contribution is -0.139. The normalized spacial score (nSPS) is 18.9. The minimum absolute atomic E-state index is 0.0141. The van der Waals surface area contributed by atoms with Crippen molar-refractivity contribution in [1.82, 2.24) is 19.8 Å². The average molecular weight is 428 g/mol. The van der Waals surface area contributed by atoms with Gasteiger partial charge in [-0.25, -0.2) is 9.97 Å². The molecule has 0 N–H and O–H groups in total. The Morgan fingerprint density at radius 2 is 1.97 bits per heavy atom. The van der Waals surface area contributed by atoms with Crippen LogP contribution in [0, 0.1) is 0 Å². The van der Waals surface area contributed by atoms with Crippen molar-refractivity contribution in [3.05, 3.63) is 41.2 Å². The van der Waals surface area contributed by atoms with Crippen LogP contribution in [0.1, 0.15) is 37.4 Å². The Kier molecular flexibility index (Phi) is 5.90. The predicted molar refractivity (Wildman–Crippen MR) is 116 cm³/mol. The topological polar surface area (TPSA) is 69.6 Å². The van der Waals surface area contributed by atoms with Gasteiger partial charge in [0.2, 0.25) is 17.8 Å². The zero-order valence-corrected chi connectivity index (χ0v) is 18.1. The highest BCUT2D eigenvalue weighted by Crippen LogP contribution is 2.37. The van der Waals surface area contributed by atoms with Crippen molar-refractivity contribution in [2.24, 2.45) is 0 Å². The highest BCUT2D eigenvalue weighted by atomic mass is 35.5. The number of hydrogen-bond donors (Lipinski definition) is 0. The monoisotopic (exact) mass is 427 g/mol. The van der Waals surface area contributed by atoms with Crippen LogP contribution >= 0.6 is 11.6 Å². The van der Waals surface area contributed by atoms with E-state index in [-0.39, 0.29) is 24.4 Å². The number of carbonyl (C=O) groups is 2. The van der Waals surface area contributed by atoms with E-state index < -0.39 is 0 Å². The summed E-state index contributed by atoms with van der Waals surface area (Å²) in [4.78, 5) is 39.8. The molecule has 0 aliphatic carbocycles. The van der Waals surface area contributed by atoms with Crippen LogP contribution in [0.15, 0.2) is 30.5 Å². The number of rotatable bonds is 5. The maximum atomic E-state index is 13.1. The number of aromatic nitrogens is 2. The van der Waals surface area contributed by atoms with Gasteiger partial charge >= 0.3 is 0 Å². The van der Waals surface area contributed by atoms with Gasteiger partial charge in [-0.05, 0) is 37.0 Å². The van der Waals surface area contributed by atoms with Gasteiger partial charge in [-0.3, -0.25) is 9.59 Å². The van der Waals surface area contributed by atoms with Crippen molar-refractivity contribution in [3.63, 3.8) is 0 Å². The summed E-state index contributed by atoms with van der Waals surface area (Å²) < 4.78 is 0. The Hall–Kier alpha value is -2.67. The van der Waals surface area contributed by atoms with Gasteiger partial charge < -0.3 is 14.7 Å². The fraction of sp³-hybridized carbons (Fsp3) is 0.455. The summed E-state index contributed by atoms with van der Waals surface area (Å²) in [7, 11) is 3.80. The molecule has 0 radical (unpaired) electrons. The fourth-order valence-electron chi connectivity index (χ4n) is 4.18. The van der Waals surface area contributed by atoms with E-state index in [9.17, 15) is 9.59 Å². The van der Waals surface area contributed by atoms with Gasteiger partial charge in [0.25, 0.3) is 0 Å². The molecular formula is C22H26ClN5O2. The average Bonchev–Trinajstić information content (AvgIpc) is 3.37. The summed E-state index contributed by atoms with van der Waals surface area (Å²) in [5.74, 6) is 0.662. The van der Waals surface area contributed by atoms with Gasteiger partial charge in [-0.15, -0.1) is 0 Å². The molecule has 0 bridgehead atoms. The second-order valence-electron chi connectivity index (χ2n) is 8.03. The second kappa shape index (κ2) is 8.60. The molecule has 3 heterocycles. The maximum absolute atomic E-state index is 13.1. The number of amides is 2. The predicted octanol–water partition coefficient (Wildman–Crippen LogP) is 3.15. The Labute approximate surface area is 181 Å². The molecule has 0 saturated carbocycles. The molecule has 4 rings (SSSR count). The molecule has 2 aliphatic rings. The Morgan fingerprint density at radius 1 is 1.20 bits per heavy atom. The molecule has 158 valence electrons. The molecular weight excluding hydrogens is 402 g/mol. The maximum Gasteiger partial charge on any atom is 0.242 e. The number of hydrogen-bond acceptors (Lipinski definition) is 5. The third-order valence-corrected chi connectivity index (χ3v) is 6.00. The minimum Gasteiger partial charge on any atom is -0.347 e. The van der Waals surface area contributed by atoms with Crippen molar-refractivity contribution in [2.75, 3.05) is 38.6 Å². The van der Waals surface area contributed by atoms with Gasteiger partial charge in [-0.2, -0.15) is 0 Å². The lowest BCUT2D eigenvalue weighted by atomic mass is 10.00. The van der Waals surface area contributed by atoms with Crippen LogP contribution in [-0.4, -0.2) is 65.3 Å². The van der Waals surface area contributed by atoms with Crippen LogP contribution < -0.4 is 4.90 Å². The Balaban J connectivity index is 1.67. The van der Waals surface area contributed by atoms with Crippen LogP contribution in [0.4, 0.5) is 5.95 Å². The number of halogens is 1.